The predicted octanol–water partition coefficient (Wildman–Crippen LogP) is 4.48. The molecule has 0 aliphatic heterocycles. The number of hydrogen-bond acceptors (Lipinski definition) is 4. The molecule has 0 aliphatic rings. The van der Waals surface area contributed by atoms with Gasteiger partial charge in [-0.1, -0.05) is 18.2 Å². The van der Waals surface area contributed by atoms with Crippen LogP contribution < -0.4 is 10.1 Å². The first kappa shape index (κ1) is 16.9. The maximum atomic E-state index is 12.5. The molecule has 1 amide bonds. The van der Waals surface area contributed by atoms with Gasteiger partial charge >= 0.3 is 0 Å². The van der Waals surface area contributed by atoms with E-state index in [0.29, 0.717) is 11.4 Å². The van der Waals surface area contributed by atoms with Crippen LogP contribution in [0.1, 0.15) is 23.2 Å². The fourth-order valence-electron chi connectivity index (χ4n) is 2.84. The Morgan fingerprint density at radius 3 is 2.81 bits per heavy atom. The number of rotatable bonds is 6. The van der Waals surface area contributed by atoms with Gasteiger partial charge in [-0.2, -0.15) is 5.10 Å². The molecule has 2 aromatic carbocycles. The van der Waals surface area contributed by atoms with Gasteiger partial charge in [0.1, 0.15) is 18.1 Å². The maximum absolute atomic E-state index is 12.5. The van der Waals surface area contributed by atoms with Gasteiger partial charge in [-0.25, -0.2) is 0 Å². The van der Waals surface area contributed by atoms with Crippen LogP contribution in [0.2, 0.25) is 0 Å². The smallest absolute Gasteiger partial charge is 0.291 e. The summed E-state index contributed by atoms with van der Waals surface area (Å²) < 4.78 is 13.1. The summed E-state index contributed by atoms with van der Waals surface area (Å²) in [4.78, 5) is 12.5. The summed E-state index contributed by atoms with van der Waals surface area (Å²) in [5.74, 6) is 1.28. The fraction of sp³-hybridized carbons (Fsp3) is 0.143. The lowest BCUT2D eigenvalue weighted by Crippen LogP contribution is -2.11. The highest BCUT2D eigenvalue weighted by molar-refractivity contribution is 6.03. The summed E-state index contributed by atoms with van der Waals surface area (Å²) in [5, 5.41) is 8.21. The summed E-state index contributed by atoms with van der Waals surface area (Å²) in [7, 11) is 0. The van der Waals surface area contributed by atoms with Crippen LogP contribution >= 0.6 is 0 Å². The zero-order valence-electron chi connectivity index (χ0n) is 14.9. The highest BCUT2D eigenvalue weighted by Gasteiger charge is 2.13. The van der Waals surface area contributed by atoms with Crippen LogP contribution in [0.25, 0.3) is 10.9 Å². The van der Waals surface area contributed by atoms with E-state index < -0.39 is 0 Å². The summed E-state index contributed by atoms with van der Waals surface area (Å²) in [6.07, 6.45) is 1.82. The minimum Gasteiger partial charge on any atom is -0.486 e. The monoisotopic (exact) mass is 361 g/mol. The topological polar surface area (TPSA) is 69.3 Å². The molecule has 0 atom stereocenters. The van der Waals surface area contributed by atoms with Gasteiger partial charge in [-0.3, -0.25) is 9.48 Å². The number of para-hydroxylation sites is 1. The molecule has 0 radical (unpaired) electrons. The third-order valence-electron chi connectivity index (χ3n) is 4.21. The molecule has 0 fully saturated rings. The number of carbonyl (C=O) groups is 1. The Bertz CT molecular complexity index is 1070. The molecule has 136 valence electrons. The van der Waals surface area contributed by atoms with Crippen LogP contribution in [-0.4, -0.2) is 15.7 Å². The average Bonchev–Trinajstić information content (AvgIpc) is 3.34. The van der Waals surface area contributed by atoms with E-state index in [2.05, 4.69) is 10.4 Å². The number of anilines is 1. The van der Waals surface area contributed by atoms with E-state index in [9.17, 15) is 4.79 Å². The highest BCUT2D eigenvalue weighted by atomic mass is 16.5. The second-order valence-electron chi connectivity index (χ2n) is 6.06. The van der Waals surface area contributed by atoms with E-state index in [1.54, 1.807) is 12.1 Å². The van der Waals surface area contributed by atoms with Crippen molar-refractivity contribution in [1.29, 1.82) is 0 Å². The van der Waals surface area contributed by atoms with Crippen molar-refractivity contribution >= 4 is 22.5 Å². The largest absolute Gasteiger partial charge is 0.486 e. The lowest BCUT2D eigenvalue weighted by molar-refractivity contribution is 0.0992. The summed E-state index contributed by atoms with van der Waals surface area (Å²) >= 11 is 0. The van der Waals surface area contributed by atoms with Gasteiger partial charge in [0.15, 0.2) is 5.76 Å². The van der Waals surface area contributed by atoms with E-state index in [1.165, 1.54) is 0 Å². The number of ether oxygens (including phenoxy) is 1. The number of fused-ring (bicyclic) bond motifs is 1. The van der Waals surface area contributed by atoms with Crippen molar-refractivity contribution < 1.29 is 13.9 Å². The van der Waals surface area contributed by atoms with Crippen molar-refractivity contribution in [2.45, 2.75) is 20.1 Å². The number of benzene rings is 2. The van der Waals surface area contributed by atoms with Crippen molar-refractivity contribution in [3.05, 3.63) is 78.4 Å². The number of carbonyl (C=O) groups excluding carboxylic acids is 1. The number of furan rings is 1. The van der Waals surface area contributed by atoms with Gasteiger partial charge in [0.25, 0.3) is 5.91 Å². The molecule has 4 rings (SSSR count). The van der Waals surface area contributed by atoms with Crippen molar-refractivity contribution in [2.24, 2.45) is 0 Å². The van der Waals surface area contributed by atoms with Gasteiger partial charge in [-0.05, 0) is 49.4 Å². The molecule has 1 N–H and O–H groups in total. The fourth-order valence-corrected chi connectivity index (χ4v) is 2.84. The molecule has 0 saturated heterocycles. The molecule has 2 aromatic heterocycles. The molecule has 27 heavy (non-hydrogen) atoms. The molecular weight excluding hydrogens is 342 g/mol. The Balaban J connectivity index is 1.43. The van der Waals surface area contributed by atoms with Crippen molar-refractivity contribution in [3.8, 4) is 5.75 Å². The average molecular weight is 361 g/mol. The second-order valence-corrected chi connectivity index (χ2v) is 6.06. The first-order chi connectivity index (χ1) is 13.2. The van der Waals surface area contributed by atoms with Gasteiger partial charge in [-0.15, -0.1) is 0 Å². The lowest BCUT2D eigenvalue weighted by Gasteiger charge is -2.05. The summed E-state index contributed by atoms with van der Waals surface area (Å²) in [6, 6.07) is 18.5. The van der Waals surface area contributed by atoms with Crippen LogP contribution in [0.3, 0.4) is 0 Å². The molecule has 0 aliphatic carbocycles. The van der Waals surface area contributed by atoms with Crippen molar-refractivity contribution in [2.75, 3.05) is 5.32 Å². The lowest BCUT2D eigenvalue weighted by atomic mass is 10.2. The van der Waals surface area contributed by atoms with Gasteiger partial charge < -0.3 is 14.5 Å². The first-order valence-electron chi connectivity index (χ1n) is 8.76. The van der Waals surface area contributed by atoms with Gasteiger partial charge in [0.2, 0.25) is 0 Å². The van der Waals surface area contributed by atoms with E-state index in [1.807, 2.05) is 66.3 Å². The summed E-state index contributed by atoms with van der Waals surface area (Å²) in [6.45, 7) is 3.06. The zero-order valence-corrected chi connectivity index (χ0v) is 14.9. The van der Waals surface area contributed by atoms with E-state index in [-0.39, 0.29) is 18.3 Å². The quantitative estimate of drug-likeness (QED) is 0.550. The Kier molecular flexibility index (Phi) is 4.61. The summed E-state index contributed by atoms with van der Waals surface area (Å²) in [5.41, 5.74) is 1.67. The molecule has 4 aromatic rings. The number of amides is 1. The number of nitrogens with zero attached hydrogens (tertiary/aromatic N) is 2. The second kappa shape index (κ2) is 7.37. The van der Waals surface area contributed by atoms with Gasteiger partial charge in [0, 0.05) is 17.6 Å². The Labute approximate surface area is 156 Å². The minimum atomic E-state index is -0.303. The van der Waals surface area contributed by atoms with E-state index >= 15 is 0 Å². The highest BCUT2D eigenvalue weighted by Crippen LogP contribution is 2.20. The van der Waals surface area contributed by atoms with Crippen LogP contribution in [-0.2, 0) is 13.2 Å². The molecule has 6 nitrogen and oxygen atoms in total. The zero-order chi connectivity index (χ0) is 18.6. The minimum absolute atomic E-state index is 0.241. The van der Waals surface area contributed by atoms with Crippen molar-refractivity contribution in [3.63, 3.8) is 0 Å². The first-order valence-corrected chi connectivity index (χ1v) is 8.76. The molecule has 0 spiro atoms. The Hall–Kier alpha value is -3.54. The van der Waals surface area contributed by atoms with Crippen LogP contribution in [0.15, 0.2) is 71.3 Å². The number of aryl methyl sites for hydroxylation is 1. The molecule has 0 unspecified atom stereocenters. The number of nitrogens with one attached hydrogen (secondary N) is 1. The molecule has 2 heterocycles. The molecule has 0 saturated carbocycles. The third kappa shape index (κ3) is 3.69. The van der Waals surface area contributed by atoms with Crippen LogP contribution in [0.4, 0.5) is 5.69 Å². The van der Waals surface area contributed by atoms with E-state index in [4.69, 9.17) is 9.15 Å². The molecular formula is C21H19N3O3. The number of hydrogen-bond donors (Lipinski definition) is 1. The Morgan fingerprint density at radius 1 is 1.15 bits per heavy atom. The van der Waals surface area contributed by atoms with E-state index in [0.717, 1.165) is 23.2 Å². The Morgan fingerprint density at radius 2 is 2.00 bits per heavy atom. The molecule has 0 bridgehead atoms. The molecule has 6 heteroatoms. The third-order valence-corrected chi connectivity index (χ3v) is 4.21. The number of aromatic nitrogens is 2. The normalized spacial score (nSPS) is 10.9. The standard InChI is InChI=1S/C21H19N3O3/c1-2-24-19-12-16(9-8-15(19)13-22-24)23-21(25)20-11-10-18(27-20)14-26-17-6-4-3-5-7-17/h3-13H,2,14H2,1H3,(H,23,25). The maximum Gasteiger partial charge on any atom is 0.291 e. The van der Waals surface area contributed by atoms with Crippen molar-refractivity contribution in [1.82, 2.24) is 9.78 Å². The van der Waals surface area contributed by atoms with Gasteiger partial charge in [0.05, 0.1) is 11.7 Å². The SMILES string of the molecule is CCn1ncc2ccc(NC(=O)c3ccc(COc4ccccc4)o3)cc21. The predicted molar refractivity (Wildman–Crippen MR) is 103 cm³/mol. The van der Waals surface area contributed by atoms with Crippen LogP contribution in [0.5, 0.6) is 5.75 Å². The van der Waals surface area contributed by atoms with Crippen LogP contribution in [0, 0.1) is 0 Å².